The highest BCUT2D eigenvalue weighted by atomic mass is 32.2. The maximum absolute atomic E-state index is 13.4. The van der Waals surface area contributed by atoms with Crippen molar-refractivity contribution in [2.45, 2.75) is 17.9 Å². The first-order chi connectivity index (χ1) is 14.2. The zero-order chi connectivity index (χ0) is 21.9. The third kappa shape index (κ3) is 4.80. The molecule has 9 heteroatoms. The van der Waals surface area contributed by atoms with Gasteiger partial charge in [-0.3, -0.25) is 9.52 Å². The van der Waals surface area contributed by atoms with Crippen LogP contribution >= 0.6 is 0 Å². The molecule has 5 nitrogen and oxygen atoms in total. The van der Waals surface area contributed by atoms with Gasteiger partial charge in [-0.25, -0.2) is 21.6 Å². The number of nitrogens with one attached hydrogen (secondary N) is 2. The van der Waals surface area contributed by atoms with Gasteiger partial charge in [-0.2, -0.15) is 0 Å². The molecule has 1 amide bonds. The Morgan fingerprint density at radius 2 is 1.57 bits per heavy atom. The van der Waals surface area contributed by atoms with Crippen LogP contribution in [0.3, 0.4) is 0 Å². The highest BCUT2D eigenvalue weighted by Gasteiger charge is 2.20. The molecule has 3 aromatic carbocycles. The van der Waals surface area contributed by atoms with E-state index in [1.807, 2.05) is 0 Å². The van der Waals surface area contributed by atoms with E-state index >= 15 is 0 Å². The first-order valence-corrected chi connectivity index (χ1v) is 10.3. The first-order valence-electron chi connectivity index (χ1n) is 8.80. The molecule has 0 saturated carbocycles. The summed E-state index contributed by atoms with van der Waals surface area (Å²) in [6, 6.07) is 12.7. The smallest absolute Gasteiger partial charge is 0.261 e. The number of carbonyl (C=O) groups is 1. The van der Waals surface area contributed by atoms with Gasteiger partial charge in [-0.05, 0) is 61.0 Å². The van der Waals surface area contributed by atoms with Gasteiger partial charge in [-0.1, -0.05) is 18.2 Å². The van der Waals surface area contributed by atoms with E-state index in [9.17, 15) is 26.4 Å². The Morgan fingerprint density at radius 1 is 0.900 bits per heavy atom. The standard InChI is InChI=1S/C21H17F3N2O3S/c1-13(14-6-11-18(23)19(24)12-14)25-21(27)17-4-2-3-5-20(17)26-30(28,29)16-9-7-15(22)8-10-16/h2-13,26H,1H3,(H,25,27). The average molecular weight is 434 g/mol. The number of carbonyl (C=O) groups excluding carboxylic acids is 1. The largest absolute Gasteiger partial charge is 0.345 e. The van der Waals surface area contributed by atoms with E-state index in [0.717, 1.165) is 36.4 Å². The minimum Gasteiger partial charge on any atom is -0.345 e. The van der Waals surface area contributed by atoms with E-state index in [1.54, 1.807) is 13.0 Å². The van der Waals surface area contributed by atoms with Crippen molar-refractivity contribution in [1.29, 1.82) is 0 Å². The van der Waals surface area contributed by atoms with Gasteiger partial charge in [0.2, 0.25) is 0 Å². The second-order valence-corrected chi connectivity index (χ2v) is 8.16. The molecule has 0 aliphatic rings. The van der Waals surface area contributed by atoms with Crippen LogP contribution in [0.1, 0.15) is 28.9 Å². The van der Waals surface area contributed by atoms with Crippen molar-refractivity contribution in [3.63, 3.8) is 0 Å². The number of halogens is 3. The molecule has 3 rings (SSSR count). The number of para-hydroxylation sites is 1. The summed E-state index contributed by atoms with van der Waals surface area (Å²) in [7, 11) is -4.07. The van der Waals surface area contributed by atoms with Crippen molar-refractivity contribution in [3.05, 3.63) is 95.3 Å². The average Bonchev–Trinajstić information content (AvgIpc) is 2.70. The summed E-state index contributed by atoms with van der Waals surface area (Å²) in [6.45, 7) is 1.58. The predicted molar refractivity (Wildman–Crippen MR) is 106 cm³/mol. The molecule has 0 bridgehead atoms. The molecule has 156 valence electrons. The molecule has 30 heavy (non-hydrogen) atoms. The van der Waals surface area contributed by atoms with Crippen molar-refractivity contribution < 1.29 is 26.4 Å². The SMILES string of the molecule is CC(NC(=O)c1ccccc1NS(=O)(=O)c1ccc(F)cc1)c1ccc(F)c(F)c1. The lowest BCUT2D eigenvalue weighted by Gasteiger charge is -2.17. The third-order valence-corrected chi connectivity index (χ3v) is 5.71. The number of sulfonamides is 1. The van der Waals surface area contributed by atoms with Gasteiger partial charge in [0.15, 0.2) is 11.6 Å². The number of amides is 1. The molecular weight excluding hydrogens is 417 g/mol. The Bertz CT molecular complexity index is 1180. The molecule has 0 saturated heterocycles. The lowest BCUT2D eigenvalue weighted by molar-refractivity contribution is 0.0940. The summed E-state index contributed by atoms with van der Waals surface area (Å²) in [4.78, 5) is 12.5. The van der Waals surface area contributed by atoms with Gasteiger partial charge in [-0.15, -0.1) is 0 Å². The highest BCUT2D eigenvalue weighted by molar-refractivity contribution is 7.92. The van der Waals surface area contributed by atoms with Crippen LogP contribution < -0.4 is 10.0 Å². The molecule has 2 N–H and O–H groups in total. The van der Waals surface area contributed by atoms with E-state index in [-0.39, 0.29) is 16.1 Å². The highest BCUT2D eigenvalue weighted by Crippen LogP contribution is 2.22. The van der Waals surface area contributed by atoms with Gasteiger partial charge in [0, 0.05) is 0 Å². The lowest BCUT2D eigenvalue weighted by atomic mass is 10.1. The molecule has 0 heterocycles. The Kier molecular flexibility index (Phi) is 6.12. The molecule has 0 aromatic heterocycles. The van der Waals surface area contributed by atoms with Crippen LogP contribution in [0, 0.1) is 17.5 Å². The zero-order valence-electron chi connectivity index (χ0n) is 15.7. The van der Waals surface area contributed by atoms with Crippen molar-refractivity contribution in [2.75, 3.05) is 4.72 Å². The third-order valence-electron chi connectivity index (χ3n) is 4.33. The monoisotopic (exact) mass is 434 g/mol. The summed E-state index contributed by atoms with van der Waals surface area (Å²) in [5.41, 5.74) is 0.376. The van der Waals surface area contributed by atoms with Crippen LogP contribution in [0.4, 0.5) is 18.9 Å². The van der Waals surface area contributed by atoms with E-state index in [2.05, 4.69) is 10.0 Å². The van der Waals surface area contributed by atoms with Crippen LogP contribution in [0.15, 0.2) is 71.6 Å². The molecule has 0 aliphatic heterocycles. The Hall–Kier alpha value is -3.33. The van der Waals surface area contributed by atoms with Crippen LogP contribution in [0.2, 0.25) is 0 Å². The summed E-state index contributed by atoms with van der Waals surface area (Å²) >= 11 is 0. The van der Waals surface area contributed by atoms with Crippen molar-refractivity contribution in [3.8, 4) is 0 Å². The molecule has 0 spiro atoms. The number of benzene rings is 3. The fourth-order valence-corrected chi connectivity index (χ4v) is 3.81. The number of anilines is 1. The second kappa shape index (κ2) is 8.58. The maximum atomic E-state index is 13.4. The number of hydrogen-bond acceptors (Lipinski definition) is 3. The van der Waals surface area contributed by atoms with Crippen molar-refractivity contribution in [2.24, 2.45) is 0 Å². The van der Waals surface area contributed by atoms with Crippen LogP contribution in [-0.4, -0.2) is 14.3 Å². The fraction of sp³-hybridized carbons (Fsp3) is 0.0952. The molecular formula is C21H17F3N2O3S. The van der Waals surface area contributed by atoms with Crippen LogP contribution in [0.5, 0.6) is 0 Å². The first kappa shape index (κ1) is 21.4. The summed E-state index contributed by atoms with van der Waals surface area (Å²) in [5.74, 6) is -3.25. The second-order valence-electron chi connectivity index (χ2n) is 6.47. The van der Waals surface area contributed by atoms with E-state index in [1.165, 1.54) is 24.3 Å². The minimum absolute atomic E-state index is 0.0109. The van der Waals surface area contributed by atoms with Gasteiger partial charge in [0.05, 0.1) is 22.2 Å². The number of rotatable bonds is 6. The van der Waals surface area contributed by atoms with Gasteiger partial charge >= 0.3 is 0 Å². The molecule has 3 aromatic rings. The van der Waals surface area contributed by atoms with Crippen LogP contribution in [0.25, 0.3) is 0 Å². The van der Waals surface area contributed by atoms with Gasteiger partial charge < -0.3 is 5.32 Å². The summed E-state index contributed by atoms with van der Waals surface area (Å²) in [5, 5.41) is 2.62. The lowest BCUT2D eigenvalue weighted by Crippen LogP contribution is -2.28. The zero-order valence-corrected chi connectivity index (χ0v) is 16.5. The molecule has 1 unspecified atom stereocenters. The maximum Gasteiger partial charge on any atom is 0.261 e. The molecule has 1 atom stereocenters. The number of hydrogen-bond donors (Lipinski definition) is 2. The Labute approximate surface area is 171 Å². The van der Waals surface area contributed by atoms with E-state index < -0.39 is 39.4 Å². The summed E-state index contributed by atoms with van der Waals surface area (Å²) in [6.07, 6.45) is 0. The predicted octanol–water partition coefficient (Wildman–Crippen LogP) is 4.40. The van der Waals surface area contributed by atoms with E-state index in [4.69, 9.17) is 0 Å². The summed E-state index contributed by atoms with van der Waals surface area (Å²) < 4.78 is 67.1. The topological polar surface area (TPSA) is 75.3 Å². The minimum atomic E-state index is -4.07. The fourth-order valence-electron chi connectivity index (χ4n) is 2.73. The Balaban J connectivity index is 1.82. The van der Waals surface area contributed by atoms with Gasteiger partial charge in [0.25, 0.3) is 15.9 Å². The van der Waals surface area contributed by atoms with E-state index in [0.29, 0.717) is 5.56 Å². The Morgan fingerprint density at radius 3 is 2.23 bits per heavy atom. The van der Waals surface area contributed by atoms with Crippen molar-refractivity contribution in [1.82, 2.24) is 5.32 Å². The normalized spacial score (nSPS) is 12.3. The molecule has 0 radical (unpaired) electrons. The van der Waals surface area contributed by atoms with Crippen molar-refractivity contribution >= 4 is 21.6 Å². The molecule has 0 aliphatic carbocycles. The molecule has 0 fully saturated rings. The van der Waals surface area contributed by atoms with Crippen LogP contribution in [-0.2, 0) is 10.0 Å². The quantitative estimate of drug-likeness (QED) is 0.604. The van der Waals surface area contributed by atoms with Gasteiger partial charge in [0.1, 0.15) is 5.82 Å².